The van der Waals surface area contributed by atoms with Gasteiger partial charge in [0.1, 0.15) is 5.00 Å². The molecule has 0 bridgehead atoms. The first kappa shape index (κ1) is 22.4. The first-order valence-electron chi connectivity index (χ1n) is 9.79. The number of carbonyl (C=O) groups is 3. The Balaban J connectivity index is 1.83. The van der Waals surface area contributed by atoms with E-state index in [1.165, 1.54) is 13.2 Å². The minimum Gasteiger partial charge on any atom is -0.465 e. The van der Waals surface area contributed by atoms with Gasteiger partial charge in [-0.15, -0.1) is 11.3 Å². The lowest BCUT2D eigenvalue weighted by Crippen LogP contribution is -2.30. The zero-order valence-corrected chi connectivity index (χ0v) is 18.6. The van der Waals surface area contributed by atoms with Crippen molar-refractivity contribution in [1.82, 2.24) is 4.90 Å². The molecule has 0 saturated heterocycles. The zero-order chi connectivity index (χ0) is 22.5. The molecule has 2 aromatic rings. The molecule has 1 N–H and O–H groups in total. The van der Waals surface area contributed by atoms with E-state index in [0.29, 0.717) is 35.0 Å². The first-order chi connectivity index (χ1) is 14.9. The second-order valence-electron chi connectivity index (χ2n) is 6.66. The molecule has 0 radical (unpaired) electrons. The van der Waals surface area contributed by atoms with Gasteiger partial charge in [0.2, 0.25) is 12.7 Å². The molecule has 3 rings (SSSR count). The van der Waals surface area contributed by atoms with Gasteiger partial charge in [-0.2, -0.15) is 0 Å². The van der Waals surface area contributed by atoms with Crippen molar-refractivity contribution >= 4 is 40.2 Å². The number of thiophene rings is 1. The van der Waals surface area contributed by atoms with Gasteiger partial charge in [0, 0.05) is 19.2 Å². The van der Waals surface area contributed by atoms with Gasteiger partial charge in [0.15, 0.2) is 11.5 Å². The Bertz CT molecular complexity index is 1040. The van der Waals surface area contributed by atoms with E-state index in [2.05, 4.69) is 5.32 Å². The van der Waals surface area contributed by atoms with E-state index in [1.54, 1.807) is 36.1 Å². The third kappa shape index (κ3) is 4.72. The van der Waals surface area contributed by atoms with Crippen LogP contribution in [0.2, 0.25) is 0 Å². The van der Waals surface area contributed by atoms with Crippen LogP contribution in [0.4, 0.5) is 5.00 Å². The molecule has 0 fully saturated rings. The molecule has 1 aromatic carbocycles. The number of anilines is 1. The number of rotatable bonds is 7. The Kier molecular flexibility index (Phi) is 6.96. The molecule has 0 saturated carbocycles. The number of benzene rings is 1. The third-order valence-corrected chi connectivity index (χ3v) is 6.04. The fraction of sp³-hybridized carbons (Fsp3) is 0.318. The van der Waals surface area contributed by atoms with Crippen molar-refractivity contribution in [3.8, 4) is 11.5 Å². The van der Waals surface area contributed by atoms with Gasteiger partial charge in [-0.3, -0.25) is 9.59 Å². The summed E-state index contributed by atoms with van der Waals surface area (Å²) in [6, 6.07) is 5.33. The van der Waals surface area contributed by atoms with Crippen molar-refractivity contribution in [2.75, 3.05) is 32.3 Å². The van der Waals surface area contributed by atoms with Gasteiger partial charge >= 0.3 is 5.97 Å². The fourth-order valence-electron chi connectivity index (χ4n) is 3.15. The Morgan fingerprint density at radius 2 is 1.90 bits per heavy atom. The van der Waals surface area contributed by atoms with E-state index in [4.69, 9.17) is 14.2 Å². The van der Waals surface area contributed by atoms with Crippen molar-refractivity contribution in [2.24, 2.45) is 0 Å². The lowest BCUT2D eigenvalue weighted by Gasteiger charge is -2.17. The molecule has 2 heterocycles. The molecule has 2 amide bonds. The number of hydrogen-bond donors (Lipinski definition) is 1. The predicted octanol–water partition coefficient (Wildman–Crippen LogP) is 3.71. The summed E-state index contributed by atoms with van der Waals surface area (Å²) in [4.78, 5) is 39.7. The van der Waals surface area contributed by atoms with Crippen molar-refractivity contribution in [3.63, 3.8) is 0 Å². The predicted molar refractivity (Wildman–Crippen MR) is 118 cm³/mol. The van der Waals surface area contributed by atoms with E-state index in [-0.39, 0.29) is 23.3 Å². The Morgan fingerprint density at radius 1 is 1.19 bits per heavy atom. The number of fused-ring (bicyclic) bond motifs is 1. The van der Waals surface area contributed by atoms with E-state index < -0.39 is 11.9 Å². The highest BCUT2D eigenvalue weighted by molar-refractivity contribution is 7.18. The summed E-state index contributed by atoms with van der Waals surface area (Å²) >= 11 is 1.07. The number of esters is 1. The monoisotopic (exact) mass is 444 g/mol. The number of hydrogen-bond acceptors (Lipinski definition) is 7. The van der Waals surface area contributed by atoms with Crippen molar-refractivity contribution in [2.45, 2.75) is 20.8 Å². The summed E-state index contributed by atoms with van der Waals surface area (Å²) in [5, 5.41) is 2.98. The average molecular weight is 445 g/mol. The number of carbonyl (C=O) groups excluding carboxylic acids is 3. The summed E-state index contributed by atoms with van der Waals surface area (Å²) in [6.45, 7) is 6.70. The second-order valence-corrected chi connectivity index (χ2v) is 7.69. The van der Waals surface area contributed by atoms with Crippen LogP contribution in [0.1, 0.15) is 45.0 Å². The molecule has 9 heteroatoms. The Labute approximate surface area is 184 Å². The standard InChI is InChI=1S/C22H24N2O6S/c1-5-24(6-2)21(26)19-13(3)18(22(27)28-4)20(31-19)23-17(25)10-8-14-7-9-15-16(11-14)30-12-29-15/h7-11H,5-6,12H2,1-4H3,(H,23,25). The Hall–Kier alpha value is -3.33. The smallest absolute Gasteiger partial charge is 0.341 e. The van der Waals surface area contributed by atoms with Gasteiger partial charge in [-0.1, -0.05) is 6.07 Å². The minimum absolute atomic E-state index is 0.172. The molecule has 1 aliphatic rings. The molecule has 8 nitrogen and oxygen atoms in total. The lowest BCUT2D eigenvalue weighted by atomic mass is 10.1. The fourth-order valence-corrected chi connectivity index (χ4v) is 4.32. The van der Waals surface area contributed by atoms with Gasteiger partial charge in [-0.05, 0) is 50.1 Å². The van der Waals surface area contributed by atoms with Crippen molar-refractivity contribution in [1.29, 1.82) is 0 Å². The highest BCUT2D eigenvalue weighted by Gasteiger charge is 2.27. The zero-order valence-electron chi connectivity index (χ0n) is 17.8. The maximum Gasteiger partial charge on any atom is 0.341 e. The Morgan fingerprint density at radius 3 is 2.58 bits per heavy atom. The van der Waals surface area contributed by atoms with E-state index in [9.17, 15) is 14.4 Å². The SMILES string of the molecule is CCN(CC)C(=O)c1sc(NC(=O)C=Cc2ccc3c(c2)OCO3)c(C(=O)OC)c1C. The van der Waals surface area contributed by atoms with Crippen molar-refractivity contribution in [3.05, 3.63) is 45.8 Å². The molecule has 0 unspecified atom stereocenters. The molecule has 0 aliphatic carbocycles. The highest BCUT2D eigenvalue weighted by atomic mass is 32.1. The average Bonchev–Trinajstić information content (AvgIpc) is 3.36. The van der Waals surface area contributed by atoms with Crippen LogP contribution in [-0.2, 0) is 9.53 Å². The van der Waals surface area contributed by atoms with Crippen molar-refractivity contribution < 1.29 is 28.6 Å². The number of nitrogens with zero attached hydrogens (tertiary/aromatic N) is 1. The van der Waals surface area contributed by atoms with Crippen LogP contribution in [0.25, 0.3) is 6.08 Å². The van der Waals surface area contributed by atoms with Crippen LogP contribution in [0, 0.1) is 6.92 Å². The lowest BCUT2D eigenvalue weighted by molar-refractivity contribution is -0.111. The third-order valence-electron chi connectivity index (χ3n) is 4.84. The summed E-state index contributed by atoms with van der Waals surface area (Å²) in [6.07, 6.45) is 2.97. The minimum atomic E-state index is -0.609. The summed E-state index contributed by atoms with van der Waals surface area (Å²) in [5.74, 6) is 0.0371. The molecule has 0 spiro atoms. The van der Waals surface area contributed by atoms with Gasteiger partial charge in [0.25, 0.3) is 5.91 Å². The second kappa shape index (κ2) is 9.65. The summed E-state index contributed by atoms with van der Waals surface area (Å²) in [7, 11) is 1.26. The molecule has 1 aliphatic heterocycles. The first-order valence-corrected chi connectivity index (χ1v) is 10.6. The van der Waals surface area contributed by atoms with Crippen LogP contribution in [0.3, 0.4) is 0 Å². The molecule has 31 heavy (non-hydrogen) atoms. The number of amides is 2. The molecular weight excluding hydrogens is 420 g/mol. The van der Waals surface area contributed by atoms with Crippen LogP contribution in [0.15, 0.2) is 24.3 Å². The topological polar surface area (TPSA) is 94.2 Å². The molecular formula is C22H24N2O6S. The highest BCUT2D eigenvalue weighted by Crippen LogP contribution is 2.35. The summed E-state index contributed by atoms with van der Waals surface area (Å²) in [5.41, 5.74) is 1.43. The normalized spacial score (nSPS) is 12.1. The van der Waals surface area contributed by atoms with E-state index >= 15 is 0 Å². The number of ether oxygens (including phenoxy) is 3. The maximum atomic E-state index is 12.8. The van der Waals surface area contributed by atoms with Crippen LogP contribution in [0.5, 0.6) is 11.5 Å². The molecule has 0 atom stereocenters. The van der Waals surface area contributed by atoms with Gasteiger partial charge < -0.3 is 24.4 Å². The quantitative estimate of drug-likeness (QED) is 0.517. The maximum absolute atomic E-state index is 12.8. The van der Waals surface area contributed by atoms with E-state index in [0.717, 1.165) is 16.9 Å². The molecule has 164 valence electrons. The van der Waals surface area contributed by atoms with Crippen LogP contribution < -0.4 is 14.8 Å². The molecule has 1 aromatic heterocycles. The van der Waals surface area contributed by atoms with Gasteiger partial charge in [0.05, 0.1) is 17.6 Å². The van der Waals surface area contributed by atoms with E-state index in [1.807, 2.05) is 13.8 Å². The summed E-state index contributed by atoms with van der Waals surface area (Å²) < 4.78 is 15.5. The van der Waals surface area contributed by atoms with Crippen LogP contribution in [-0.4, -0.2) is 49.7 Å². The number of nitrogens with one attached hydrogen (secondary N) is 1. The number of methoxy groups -OCH3 is 1. The van der Waals surface area contributed by atoms with Crippen LogP contribution >= 0.6 is 11.3 Å². The van der Waals surface area contributed by atoms with Gasteiger partial charge in [-0.25, -0.2) is 4.79 Å². The largest absolute Gasteiger partial charge is 0.465 e.